The quantitative estimate of drug-likeness (QED) is 0.719. The second-order valence-corrected chi connectivity index (χ2v) is 6.61. The van der Waals surface area contributed by atoms with Crippen molar-refractivity contribution >= 4 is 16.8 Å². The summed E-state index contributed by atoms with van der Waals surface area (Å²) in [6.07, 6.45) is 0. The molecule has 2 heterocycles. The highest BCUT2D eigenvalue weighted by molar-refractivity contribution is 5.94. The van der Waals surface area contributed by atoms with E-state index in [1.165, 1.54) is 4.57 Å². The van der Waals surface area contributed by atoms with E-state index in [1.807, 2.05) is 23.1 Å². The third-order valence-electron chi connectivity index (χ3n) is 4.82. The molecule has 1 amide bonds. The Labute approximate surface area is 155 Å². The Morgan fingerprint density at radius 2 is 1.78 bits per heavy atom. The maximum atomic E-state index is 12.7. The van der Waals surface area contributed by atoms with Gasteiger partial charge in [0.1, 0.15) is 0 Å². The van der Waals surface area contributed by atoms with E-state index < -0.39 is 11.2 Å². The summed E-state index contributed by atoms with van der Waals surface area (Å²) < 4.78 is 1.52. The fraction of sp³-hybridized carbons (Fsp3) is 0.250. The van der Waals surface area contributed by atoms with Gasteiger partial charge in [0.05, 0.1) is 17.4 Å². The SMILES string of the molecule is O=C(c1cccc(Cn2c(=O)[nH]c(=O)c3ccccc32)c1)N1CCNCC1. The summed E-state index contributed by atoms with van der Waals surface area (Å²) in [5.74, 6) is -0.00276. The van der Waals surface area contributed by atoms with Gasteiger partial charge in [-0.1, -0.05) is 24.3 Å². The molecule has 0 atom stereocenters. The van der Waals surface area contributed by atoms with Gasteiger partial charge in [-0.3, -0.25) is 19.1 Å². The maximum absolute atomic E-state index is 12.7. The molecule has 27 heavy (non-hydrogen) atoms. The first-order valence-corrected chi connectivity index (χ1v) is 8.94. The molecule has 138 valence electrons. The van der Waals surface area contributed by atoms with Crippen LogP contribution in [0.2, 0.25) is 0 Å². The summed E-state index contributed by atoms with van der Waals surface area (Å²) in [5, 5.41) is 3.70. The Morgan fingerprint density at radius 3 is 2.59 bits per heavy atom. The van der Waals surface area contributed by atoms with Gasteiger partial charge in [-0.2, -0.15) is 0 Å². The number of nitrogens with one attached hydrogen (secondary N) is 2. The predicted molar refractivity (Wildman–Crippen MR) is 103 cm³/mol. The number of carbonyl (C=O) groups is 1. The molecule has 1 aliphatic rings. The lowest BCUT2D eigenvalue weighted by Gasteiger charge is -2.27. The lowest BCUT2D eigenvalue weighted by molar-refractivity contribution is 0.0735. The molecule has 1 saturated heterocycles. The summed E-state index contributed by atoms with van der Waals surface area (Å²) in [7, 11) is 0. The van der Waals surface area contributed by atoms with Crippen molar-refractivity contribution in [2.75, 3.05) is 26.2 Å². The molecule has 7 heteroatoms. The number of para-hydroxylation sites is 1. The normalized spacial score (nSPS) is 14.4. The lowest BCUT2D eigenvalue weighted by atomic mass is 10.1. The van der Waals surface area contributed by atoms with E-state index in [0.717, 1.165) is 18.7 Å². The second kappa shape index (κ2) is 7.20. The fourth-order valence-electron chi connectivity index (χ4n) is 3.44. The Hall–Kier alpha value is -3.19. The number of aromatic nitrogens is 2. The van der Waals surface area contributed by atoms with Crippen LogP contribution in [0.25, 0.3) is 10.9 Å². The van der Waals surface area contributed by atoms with Crippen LogP contribution in [0.15, 0.2) is 58.1 Å². The Morgan fingerprint density at radius 1 is 1.00 bits per heavy atom. The number of benzene rings is 2. The number of H-pyrrole nitrogens is 1. The summed E-state index contributed by atoms with van der Waals surface area (Å²) in [5.41, 5.74) is 1.16. The number of aromatic amines is 1. The average Bonchev–Trinajstić information content (AvgIpc) is 2.71. The predicted octanol–water partition coefficient (Wildman–Crippen LogP) is 0.784. The maximum Gasteiger partial charge on any atom is 0.329 e. The van der Waals surface area contributed by atoms with Crippen LogP contribution >= 0.6 is 0 Å². The molecule has 4 rings (SSSR count). The van der Waals surface area contributed by atoms with E-state index in [1.54, 1.807) is 30.3 Å². The fourth-order valence-corrected chi connectivity index (χ4v) is 3.44. The van der Waals surface area contributed by atoms with Crippen LogP contribution in [0.4, 0.5) is 0 Å². The van der Waals surface area contributed by atoms with Crippen LogP contribution in [0.5, 0.6) is 0 Å². The largest absolute Gasteiger partial charge is 0.336 e. The van der Waals surface area contributed by atoms with Gasteiger partial charge in [0, 0.05) is 31.7 Å². The Bertz CT molecular complexity index is 1110. The van der Waals surface area contributed by atoms with Gasteiger partial charge in [-0.25, -0.2) is 4.79 Å². The first-order chi connectivity index (χ1) is 13.1. The van der Waals surface area contributed by atoms with Gasteiger partial charge >= 0.3 is 5.69 Å². The molecular formula is C20H20N4O3. The van der Waals surface area contributed by atoms with Crippen molar-refractivity contribution in [1.29, 1.82) is 0 Å². The topological polar surface area (TPSA) is 87.2 Å². The number of piperazine rings is 1. The molecule has 1 aliphatic heterocycles. The molecule has 0 spiro atoms. The van der Waals surface area contributed by atoms with Crippen LogP contribution in [-0.4, -0.2) is 46.5 Å². The second-order valence-electron chi connectivity index (χ2n) is 6.61. The third kappa shape index (κ3) is 3.41. The summed E-state index contributed by atoms with van der Waals surface area (Å²) >= 11 is 0. The number of carbonyl (C=O) groups excluding carboxylic acids is 1. The van der Waals surface area contributed by atoms with Gasteiger partial charge in [0.2, 0.25) is 0 Å². The minimum absolute atomic E-state index is 0.00276. The molecule has 0 aliphatic carbocycles. The summed E-state index contributed by atoms with van der Waals surface area (Å²) in [6.45, 7) is 3.24. The highest BCUT2D eigenvalue weighted by Crippen LogP contribution is 2.13. The van der Waals surface area contributed by atoms with Gasteiger partial charge in [0.25, 0.3) is 11.5 Å². The summed E-state index contributed by atoms with van der Waals surface area (Å²) in [6, 6.07) is 14.3. The number of hydrogen-bond donors (Lipinski definition) is 2. The monoisotopic (exact) mass is 364 g/mol. The molecule has 0 unspecified atom stereocenters. The van der Waals surface area contributed by atoms with Gasteiger partial charge in [-0.15, -0.1) is 0 Å². The van der Waals surface area contributed by atoms with E-state index in [-0.39, 0.29) is 12.5 Å². The van der Waals surface area contributed by atoms with Crippen LogP contribution < -0.4 is 16.6 Å². The van der Waals surface area contributed by atoms with E-state index in [4.69, 9.17) is 0 Å². The Balaban J connectivity index is 1.68. The molecule has 2 aromatic carbocycles. The number of fused-ring (bicyclic) bond motifs is 1. The summed E-state index contributed by atoms with van der Waals surface area (Å²) in [4.78, 5) is 41.3. The minimum Gasteiger partial charge on any atom is -0.336 e. The van der Waals surface area contributed by atoms with E-state index in [2.05, 4.69) is 10.3 Å². The standard InChI is InChI=1S/C20H20N4O3/c25-18-16-6-1-2-7-17(16)24(20(27)22-18)13-14-4-3-5-15(12-14)19(26)23-10-8-21-9-11-23/h1-7,12,21H,8-11,13H2,(H,22,25,27). The van der Waals surface area contributed by atoms with E-state index >= 15 is 0 Å². The number of amides is 1. The molecule has 0 radical (unpaired) electrons. The number of nitrogens with zero attached hydrogens (tertiary/aromatic N) is 2. The molecule has 3 aromatic rings. The molecule has 1 fully saturated rings. The molecule has 1 aromatic heterocycles. The van der Waals surface area contributed by atoms with Crippen molar-refractivity contribution in [1.82, 2.24) is 19.8 Å². The third-order valence-corrected chi connectivity index (χ3v) is 4.82. The average molecular weight is 364 g/mol. The van der Waals surface area contributed by atoms with Crippen molar-refractivity contribution in [3.8, 4) is 0 Å². The Kier molecular flexibility index (Phi) is 4.60. The number of rotatable bonds is 3. The van der Waals surface area contributed by atoms with Crippen molar-refractivity contribution < 1.29 is 4.79 Å². The van der Waals surface area contributed by atoms with Crippen molar-refractivity contribution in [3.63, 3.8) is 0 Å². The van der Waals surface area contributed by atoms with Gasteiger partial charge in [0.15, 0.2) is 0 Å². The smallest absolute Gasteiger partial charge is 0.329 e. The van der Waals surface area contributed by atoms with Crippen LogP contribution in [0.1, 0.15) is 15.9 Å². The zero-order valence-electron chi connectivity index (χ0n) is 14.8. The van der Waals surface area contributed by atoms with Crippen LogP contribution in [0.3, 0.4) is 0 Å². The van der Waals surface area contributed by atoms with E-state index in [9.17, 15) is 14.4 Å². The first-order valence-electron chi connectivity index (χ1n) is 8.94. The van der Waals surface area contributed by atoms with Crippen molar-refractivity contribution in [2.24, 2.45) is 0 Å². The van der Waals surface area contributed by atoms with Crippen LogP contribution in [-0.2, 0) is 6.54 Å². The first kappa shape index (κ1) is 17.2. The minimum atomic E-state index is -0.461. The molecule has 0 saturated carbocycles. The van der Waals surface area contributed by atoms with Crippen molar-refractivity contribution in [3.05, 3.63) is 80.5 Å². The molecule has 7 nitrogen and oxygen atoms in total. The highest BCUT2D eigenvalue weighted by atomic mass is 16.2. The molecule has 2 N–H and O–H groups in total. The van der Waals surface area contributed by atoms with E-state index in [0.29, 0.717) is 29.6 Å². The van der Waals surface area contributed by atoms with Gasteiger partial charge < -0.3 is 10.2 Å². The molecular weight excluding hydrogens is 344 g/mol. The van der Waals surface area contributed by atoms with Gasteiger partial charge in [-0.05, 0) is 29.8 Å². The zero-order chi connectivity index (χ0) is 18.8. The number of hydrogen-bond acceptors (Lipinski definition) is 4. The lowest BCUT2D eigenvalue weighted by Crippen LogP contribution is -2.46. The zero-order valence-corrected chi connectivity index (χ0v) is 14.8. The van der Waals surface area contributed by atoms with Crippen LogP contribution in [0, 0.1) is 0 Å². The van der Waals surface area contributed by atoms with Crippen molar-refractivity contribution in [2.45, 2.75) is 6.54 Å². The highest BCUT2D eigenvalue weighted by Gasteiger charge is 2.18. The molecule has 0 bridgehead atoms.